The molecule has 0 aliphatic carbocycles. The van der Waals surface area contributed by atoms with Crippen molar-refractivity contribution in [1.82, 2.24) is 4.90 Å². The summed E-state index contributed by atoms with van der Waals surface area (Å²) in [6.07, 6.45) is 6.08. The second kappa shape index (κ2) is 9.24. The molecule has 148 valence electrons. The fourth-order valence-corrected chi connectivity index (χ4v) is 4.30. The lowest BCUT2D eigenvalue weighted by atomic mass is 9.99. The molecular weight excluding hydrogens is 346 g/mol. The van der Waals surface area contributed by atoms with Gasteiger partial charge in [0.15, 0.2) is 0 Å². The Bertz CT molecular complexity index is 783. The summed E-state index contributed by atoms with van der Waals surface area (Å²) in [6, 6.07) is 19.1. The highest BCUT2D eigenvalue weighted by atomic mass is 16.5. The van der Waals surface area contributed by atoms with E-state index >= 15 is 0 Å². The molecule has 0 saturated carbocycles. The molecule has 2 aromatic carbocycles. The van der Waals surface area contributed by atoms with Gasteiger partial charge in [0.1, 0.15) is 5.75 Å². The highest BCUT2D eigenvalue weighted by molar-refractivity contribution is 5.89. The SMILES string of the molecule is CCOc1ccccc1C1CC(CCN2CCCCC2)=NN1c1ccccc1. The third-order valence-electron chi connectivity index (χ3n) is 5.74. The Morgan fingerprint density at radius 2 is 1.71 bits per heavy atom. The molecular formula is C24H31N3O. The summed E-state index contributed by atoms with van der Waals surface area (Å²) in [5.41, 5.74) is 3.67. The number of hydrogen-bond acceptors (Lipinski definition) is 4. The van der Waals surface area contributed by atoms with Crippen molar-refractivity contribution in [1.29, 1.82) is 0 Å². The molecule has 28 heavy (non-hydrogen) atoms. The molecule has 1 atom stereocenters. The summed E-state index contributed by atoms with van der Waals surface area (Å²) in [5.74, 6) is 0.975. The summed E-state index contributed by atoms with van der Waals surface area (Å²) in [7, 11) is 0. The van der Waals surface area contributed by atoms with E-state index in [0.717, 1.165) is 30.8 Å². The maximum atomic E-state index is 5.94. The molecule has 0 N–H and O–H groups in total. The van der Waals surface area contributed by atoms with Gasteiger partial charge in [-0.15, -0.1) is 0 Å². The maximum absolute atomic E-state index is 5.94. The molecule has 0 aromatic heterocycles. The number of ether oxygens (including phenoxy) is 1. The van der Waals surface area contributed by atoms with Gasteiger partial charge in [-0.2, -0.15) is 5.10 Å². The van der Waals surface area contributed by atoms with Gasteiger partial charge in [0.05, 0.1) is 18.3 Å². The molecule has 2 aliphatic rings. The third-order valence-corrected chi connectivity index (χ3v) is 5.74. The molecule has 0 radical (unpaired) electrons. The zero-order valence-electron chi connectivity index (χ0n) is 16.9. The van der Waals surface area contributed by atoms with Crippen LogP contribution in [0.3, 0.4) is 0 Å². The summed E-state index contributed by atoms with van der Waals surface area (Å²) in [5, 5.41) is 7.27. The van der Waals surface area contributed by atoms with Crippen molar-refractivity contribution in [3.63, 3.8) is 0 Å². The molecule has 2 aliphatic heterocycles. The van der Waals surface area contributed by atoms with Crippen molar-refractivity contribution in [2.24, 2.45) is 5.10 Å². The van der Waals surface area contributed by atoms with E-state index in [1.54, 1.807) is 0 Å². The van der Waals surface area contributed by atoms with Crippen molar-refractivity contribution in [3.05, 3.63) is 60.2 Å². The smallest absolute Gasteiger partial charge is 0.124 e. The largest absolute Gasteiger partial charge is 0.494 e. The van der Waals surface area contributed by atoms with Gasteiger partial charge in [-0.05, 0) is 51.1 Å². The molecule has 1 fully saturated rings. The molecule has 2 aromatic rings. The predicted molar refractivity (Wildman–Crippen MR) is 116 cm³/mol. The van der Waals surface area contributed by atoms with Crippen LogP contribution in [0.15, 0.2) is 59.7 Å². The zero-order valence-corrected chi connectivity index (χ0v) is 16.9. The number of nitrogens with zero attached hydrogens (tertiary/aromatic N) is 3. The van der Waals surface area contributed by atoms with Crippen LogP contribution in [0.4, 0.5) is 5.69 Å². The van der Waals surface area contributed by atoms with Crippen molar-refractivity contribution in [2.45, 2.75) is 45.1 Å². The quantitative estimate of drug-likeness (QED) is 0.658. The molecule has 4 heteroatoms. The second-order valence-corrected chi connectivity index (χ2v) is 7.69. The normalized spacial score (nSPS) is 20.2. The minimum absolute atomic E-state index is 0.196. The van der Waals surface area contributed by atoms with Gasteiger partial charge in [-0.25, -0.2) is 0 Å². The number of para-hydroxylation sites is 2. The van der Waals surface area contributed by atoms with E-state index in [1.807, 2.05) is 6.92 Å². The fourth-order valence-electron chi connectivity index (χ4n) is 4.30. The molecule has 0 spiro atoms. The molecule has 1 saturated heterocycles. The van der Waals surface area contributed by atoms with Crippen LogP contribution in [0.5, 0.6) is 5.75 Å². The van der Waals surface area contributed by atoms with Crippen LogP contribution in [0.25, 0.3) is 0 Å². The van der Waals surface area contributed by atoms with E-state index in [4.69, 9.17) is 9.84 Å². The Labute approximate surface area is 168 Å². The summed E-state index contributed by atoms with van der Waals surface area (Å²) in [4.78, 5) is 2.60. The van der Waals surface area contributed by atoms with Crippen molar-refractivity contribution in [3.8, 4) is 5.75 Å². The number of hydrazone groups is 1. The number of benzene rings is 2. The van der Waals surface area contributed by atoms with Gasteiger partial charge < -0.3 is 9.64 Å². The Kier molecular flexibility index (Phi) is 6.27. The van der Waals surface area contributed by atoms with E-state index in [-0.39, 0.29) is 6.04 Å². The lowest BCUT2D eigenvalue weighted by molar-refractivity contribution is 0.234. The van der Waals surface area contributed by atoms with Crippen LogP contribution in [-0.2, 0) is 0 Å². The van der Waals surface area contributed by atoms with Crippen molar-refractivity contribution < 1.29 is 4.74 Å². The van der Waals surface area contributed by atoms with E-state index in [1.165, 1.54) is 43.6 Å². The number of hydrogen-bond donors (Lipinski definition) is 0. The Morgan fingerprint density at radius 1 is 0.964 bits per heavy atom. The maximum Gasteiger partial charge on any atom is 0.124 e. The van der Waals surface area contributed by atoms with Gasteiger partial charge in [-0.1, -0.05) is 42.8 Å². The molecule has 4 nitrogen and oxygen atoms in total. The molecule has 0 amide bonds. The van der Waals surface area contributed by atoms with Crippen molar-refractivity contribution >= 4 is 11.4 Å². The van der Waals surface area contributed by atoms with Gasteiger partial charge in [-0.3, -0.25) is 5.01 Å². The van der Waals surface area contributed by atoms with Gasteiger partial charge in [0.25, 0.3) is 0 Å². The standard InChI is InChI=1S/C24H31N3O/c1-2-28-24-14-8-7-13-22(24)23-19-20(15-18-26-16-9-4-10-17-26)25-27(23)21-11-5-3-6-12-21/h3,5-8,11-14,23H,2,4,9-10,15-19H2,1H3. The summed E-state index contributed by atoms with van der Waals surface area (Å²) in [6.45, 7) is 6.33. The first-order chi connectivity index (χ1) is 13.8. The molecule has 0 bridgehead atoms. The van der Waals surface area contributed by atoms with Crippen LogP contribution in [0.2, 0.25) is 0 Å². The van der Waals surface area contributed by atoms with Crippen LogP contribution in [0, 0.1) is 0 Å². The predicted octanol–water partition coefficient (Wildman–Crippen LogP) is 5.27. The monoisotopic (exact) mass is 377 g/mol. The number of anilines is 1. The first-order valence-electron chi connectivity index (χ1n) is 10.7. The Morgan fingerprint density at radius 3 is 2.50 bits per heavy atom. The number of piperidine rings is 1. The van der Waals surface area contributed by atoms with Crippen molar-refractivity contribution in [2.75, 3.05) is 31.3 Å². The topological polar surface area (TPSA) is 28.1 Å². The zero-order chi connectivity index (χ0) is 19.2. The van der Waals surface area contributed by atoms with Crippen LogP contribution in [-0.4, -0.2) is 36.9 Å². The third kappa shape index (κ3) is 4.39. The lowest BCUT2D eigenvalue weighted by Gasteiger charge is -2.26. The van der Waals surface area contributed by atoms with Gasteiger partial charge in [0, 0.05) is 30.7 Å². The highest BCUT2D eigenvalue weighted by Crippen LogP contribution is 2.39. The molecule has 1 unspecified atom stereocenters. The van der Waals surface area contributed by atoms with E-state index in [9.17, 15) is 0 Å². The Balaban J connectivity index is 1.55. The first-order valence-corrected chi connectivity index (χ1v) is 10.7. The van der Waals surface area contributed by atoms with E-state index < -0.39 is 0 Å². The molecule has 2 heterocycles. The van der Waals surface area contributed by atoms with Gasteiger partial charge >= 0.3 is 0 Å². The number of likely N-dealkylation sites (tertiary alicyclic amines) is 1. The second-order valence-electron chi connectivity index (χ2n) is 7.69. The van der Waals surface area contributed by atoms with Crippen LogP contribution >= 0.6 is 0 Å². The minimum atomic E-state index is 0.196. The average Bonchev–Trinajstić information content (AvgIpc) is 3.18. The molecule has 4 rings (SSSR count). The van der Waals surface area contributed by atoms with Crippen LogP contribution < -0.4 is 9.75 Å². The summed E-state index contributed by atoms with van der Waals surface area (Å²) < 4.78 is 5.94. The van der Waals surface area contributed by atoms with E-state index in [0.29, 0.717) is 6.61 Å². The first kappa shape index (κ1) is 19.0. The highest BCUT2D eigenvalue weighted by Gasteiger charge is 2.31. The fraction of sp³-hybridized carbons (Fsp3) is 0.458. The Hall–Kier alpha value is -2.33. The van der Waals surface area contributed by atoms with Gasteiger partial charge in [0.2, 0.25) is 0 Å². The number of rotatable bonds is 7. The van der Waals surface area contributed by atoms with E-state index in [2.05, 4.69) is 64.5 Å². The summed E-state index contributed by atoms with van der Waals surface area (Å²) >= 11 is 0. The minimum Gasteiger partial charge on any atom is -0.494 e. The van der Waals surface area contributed by atoms with Crippen LogP contribution in [0.1, 0.15) is 50.6 Å². The lowest BCUT2D eigenvalue weighted by Crippen LogP contribution is -2.31. The average molecular weight is 378 g/mol.